The summed E-state index contributed by atoms with van der Waals surface area (Å²) in [5.41, 5.74) is 2.17. The Hall–Kier alpha value is -2.63. The average molecular weight is 423 g/mol. The van der Waals surface area contributed by atoms with Crippen molar-refractivity contribution in [2.45, 2.75) is 52.5 Å². The molecule has 2 heterocycles. The van der Waals surface area contributed by atoms with Crippen molar-refractivity contribution in [2.24, 2.45) is 17.3 Å². The Balaban J connectivity index is 1.20. The Bertz CT molecular complexity index is 881. The molecule has 1 atom stereocenters. The van der Waals surface area contributed by atoms with E-state index < -0.39 is 0 Å². The van der Waals surface area contributed by atoms with Crippen molar-refractivity contribution in [2.75, 3.05) is 19.6 Å². The third-order valence-corrected chi connectivity index (χ3v) is 6.85. The van der Waals surface area contributed by atoms with Crippen molar-refractivity contribution in [1.29, 1.82) is 0 Å². The van der Waals surface area contributed by atoms with Crippen LogP contribution >= 0.6 is 0 Å². The predicted octanol–water partition coefficient (Wildman–Crippen LogP) is 3.53. The standard InChI is InChI=1S/C25H34N4O2/c1-19(2)16-20-4-6-21(7-5-20)24(31)29-13-8-25(9-14-29)17-22(25)23(30)27-10-3-12-28-15-11-26-18-28/h4-7,11,15,18-19,22H,3,8-10,12-14,16-17H2,1-2H3,(H,27,30). The first-order chi connectivity index (χ1) is 15.0. The second kappa shape index (κ2) is 9.25. The molecular formula is C25H34N4O2. The second-order valence-corrected chi connectivity index (χ2v) is 9.65. The summed E-state index contributed by atoms with van der Waals surface area (Å²) >= 11 is 0. The summed E-state index contributed by atoms with van der Waals surface area (Å²) in [7, 11) is 0. The fraction of sp³-hybridized carbons (Fsp3) is 0.560. The maximum atomic E-state index is 12.9. The molecule has 6 heteroatoms. The van der Waals surface area contributed by atoms with Gasteiger partial charge in [-0.3, -0.25) is 9.59 Å². The fourth-order valence-corrected chi connectivity index (χ4v) is 4.88. The van der Waals surface area contributed by atoms with Gasteiger partial charge < -0.3 is 14.8 Å². The molecule has 1 aromatic heterocycles. The quantitative estimate of drug-likeness (QED) is 0.662. The van der Waals surface area contributed by atoms with Crippen molar-refractivity contribution in [3.8, 4) is 0 Å². The van der Waals surface area contributed by atoms with Crippen molar-refractivity contribution in [1.82, 2.24) is 19.8 Å². The summed E-state index contributed by atoms with van der Waals surface area (Å²) in [6.07, 6.45) is 10.3. The number of nitrogens with one attached hydrogen (secondary N) is 1. The number of nitrogens with zero attached hydrogens (tertiary/aromatic N) is 3. The van der Waals surface area contributed by atoms with Crippen LogP contribution in [0.25, 0.3) is 0 Å². The summed E-state index contributed by atoms with van der Waals surface area (Å²) in [6.45, 7) is 7.46. The Morgan fingerprint density at radius 2 is 1.94 bits per heavy atom. The van der Waals surface area contributed by atoms with Gasteiger partial charge in [-0.25, -0.2) is 4.98 Å². The van der Waals surface area contributed by atoms with E-state index in [0.29, 0.717) is 12.5 Å². The van der Waals surface area contributed by atoms with E-state index >= 15 is 0 Å². The lowest BCUT2D eigenvalue weighted by molar-refractivity contribution is -0.123. The number of amides is 2. The first-order valence-electron chi connectivity index (χ1n) is 11.6. The number of benzene rings is 1. The molecule has 2 aliphatic rings. The molecule has 0 radical (unpaired) electrons. The third-order valence-electron chi connectivity index (χ3n) is 6.85. The lowest BCUT2D eigenvalue weighted by Crippen LogP contribution is -2.40. The van der Waals surface area contributed by atoms with E-state index in [4.69, 9.17) is 0 Å². The number of imidazole rings is 1. The van der Waals surface area contributed by atoms with Crippen LogP contribution < -0.4 is 5.32 Å². The molecule has 6 nitrogen and oxygen atoms in total. The largest absolute Gasteiger partial charge is 0.356 e. The SMILES string of the molecule is CC(C)Cc1ccc(C(=O)N2CCC3(CC2)CC3C(=O)NCCCn2ccnc2)cc1. The Morgan fingerprint density at radius 3 is 2.58 bits per heavy atom. The highest BCUT2D eigenvalue weighted by molar-refractivity contribution is 5.94. The molecule has 166 valence electrons. The average Bonchev–Trinajstić information content (AvgIpc) is 3.20. The maximum Gasteiger partial charge on any atom is 0.253 e. The second-order valence-electron chi connectivity index (χ2n) is 9.65. The van der Waals surface area contributed by atoms with E-state index in [0.717, 1.165) is 57.3 Å². The van der Waals surface area contributed by atoms with E-state index in [-0.39, 0.29) is 23.1 Å². The number of hydrogen-bond acceptors (Lipinski definition) is 3. The summed E-state index contributed by atoms with van der Waals surface area (Å²) in [4.78, 5) is 31.5. The minimum absolute atomic E-state index is 0.117. The van der Waals surface area contributed by atoms with Gasteiger partial charge in [0.2, 0.25) is 5.91 Å². The smallest absolute Gasteiger partial charge is 0.253 e. The lowest BCUT2D eigenvalue weighted by Gasteiger charge is -2.33. The predicted molar refractivity (Wildman–Crippen MR) is 121 cm³/mol. The van der Waals surface area contributed by atoms with Crippen LogP contribution in [0.1, 0.15) is 55.5 Å². The van der Waals surface area contributed by atoms with Crippen molar-refractivity contribution in [3.05, 3.63) is 54.1 Å². The zero-order valence-electron chi connectivity index (χ0n) is 18.7. The summed E-state index contributed by atoms with van der Waals surface area (Å²) in [6, 6.07) is 8.07. The fourth-order valence-electron chi connectivity index (χ4n) is 4.88. The minimum atomic E-state index is 0.117. The lowest BCUT2D eigenvalue weighted by atomic mass is 9.90. The van der Waals surface area contributed by atoms with E-state index in [1.807, 2.05) is 27.8 Å². The Labute approximate surface area is 185 Å². The van der Waals surface area contributed by atoms with E-state index in [1.165, 1.54) is 5.56 Å². The summed E-state index contributed by atoms with van der Waals surface area (Å²) in [5, 5.41) is 3.10. The maximum absolute atomic E-state index is 12.9. The van der Waals surface area contributed by atoms with Gasteiger partial charge >= 0.3 is 0 Å². The number of carbonyl (C=O) groups is 2. The van der Waals surface area contributed by atoms with Crippen LogP contribution in [-0.2, 0) is 17.8 Å². The van der Waals surface area contributed by atoms with E-state index in [1.54, 1.807) is 12.5 Å². The van der Waals surface area contributed by atoms with Crippen LogP contribution in [0.5, 0.6) is 0 Å². The number of aromatic nitrogens is 2. The van der Waals surface area contributed by atoms with Crippen molar-refractivity contribution in [3.63, 3.8) is 0 Å². The summed E-state index contributed by atoms with van der Waals surface area (Å²) < 4.78 is 2.02. The normalized spacial score (nSPS) is 19.6. The zero-order valence-corrected chi connectivity index (χ0v) is 18.7. The van der Waals surface area contributed by atoms with Gasteiger partial charge in [0, 0.05) is 50.1 Å². The van der Waals surface area contributed by atoms with Crippen LogP contribution in [-0.4, -0.2) is 45.9 Å². The van der Waals surface area contributed by atoms with Crippen LogP contribution in [0.4, 0.5) is 0 Å². The molecule has 31 heavy (non-hydrogen) atoms. The highest BCUT2D eigenvalue weighted by Crippen LogP contribution is 2.59. The molecule has 1 aliphatic heterocycles. The van der Waals surface area contributed by atoms with Gasteiger partial charge in [0.1, 0.15) is 0 Å². The van der Waals surface area contributed by atoms with E-state index in [9.17, 15) is 9.59 Å². The molecule has 1 unspecified atom stereocenters. The van der Waals surface area contributed by atoms with Gasteiger partial charge in [0.25, 0.3) is 5.91 Å². The first kappa shape index (κ1) is 21.6. The number of rotatable bonds is 8. The minimum Gasteiger partial charge on any atom is -0.356 e. The summed E-state index contributed by atoms with van der Waals surface area (Å²) in [5.74, 6) is 1.03. The number of aryl methyl sites for hydroxylation is 1. The van der Waals surface area contributed by atoms with E-state index in [2.05, 4.69) is 36.3 Å². The monoisotopic (exact) mass is 422 g/mol. The molecule has 4 rings (SSSR count). The molecule has 1 aromatic carbocycles. The van der Waals surface area contributed by atoms with Gasteiger partial charge in [-0.05, 0) is 61.1 Å². The van der Waals surface area contributed by atoms with Gasteiger partial charge in [0.15, 0.2) is 0 Å². The van der Waals surface area contributed by atoms with Gasteiger partial charge in [-0.2, -0.15) is 0 Å². The van der Waals surface area contributed by atoms with Gasteiger partial charge in [0.05, 0.1) is 6.33 Å². The number of hydrogen-bond donors (Lipinski definition) is 1. The molecule has 1 aliphatic carbocycles. The molecule has 2 amide bonds. The highest BCUT2D eigenvalue weighted by Gasteiger charge is 2.58. The molecule has 2 fully saturated rings. The number of carbonyl (C=O) groups excluding carboxylic acids is 2. The molecular weight excluding hydrogens is 388 g/mol. The Kier molecular flexibility index (Phi) is 6.44. The molecule has 0 bridgehead atoms. The van der Waals surface area contributed by atoms with Gasteiger partial charge in [-0.15, -0.1) is 0 Å². The molecule has 1 N–H and O–H groups in total. The van der Waals surface area contributed by atoms with Crippen molar-refractivity contribution >= 4 is 11.8 Å². The van der Waals surface area contributed by atoms with Crippen molar-refractivity contribution < 1.29 is 9.59 Å². The highest BCUT2D eigenvalue weighted by atomic mass is 16.2. The number of likely N-dealkylation sites (tertiary alicyclic amines) is 1. The molecule has 1 spiro atoms. The topological polar surface area (TPSA) is 67.2 Å². The molecule has 1 saturated carbocycles. The molecule has 2 aromatic rings. The Morgan fingerprint density at radius 1 is 1.19 bits per heavy atom. The molecule has 1 saturated heterocycles. The third kappa shape index (κ3) is 5.17. The number of piperidine rings is 1. The van der Waals surface area contributed by atoms with Crippen LogP contribution in [0.3, 0.4) is 0 Å². The zero-order chi connectivity index (χ0) is 21.8. The van der Waals surface area contributed by atoms with Crippen LogP contribution in [0, 0.1) is 17.3 Å². The first-order valence-corrected chi connectivity index (χ1v) is 11.6. The van der Waals surface area contributed by atoms with Crippen LogP contribution in [0.2, 0.25) is 0 Å². The van der Waals surface area contributed by atoms with Crippen LogP contribution in [0.15, 0.2) is 43.0 Å². The van der Waals surface area contributed by atoms with Gasteiger partial charge in [-0.1, -0.05) is 26.0 Å².